The highest BCUT2D eigenvalue weighted by Crippen LogP contribution is 2.38. The highest BCUT2D eigenvalue weighted by molar-refractivity contribution is 7.86. The summed E-state index contributed by atoms with van der Waals surface area (Å²) in [6.07, 6.45) is 5.47. The molecule has 5 rings (SSSR count). The Morgan fingerprint density at radius 2 is 1.72 bits per heavy atom. The van der Waals surface area contributed by atoms with Gasteiger partial charge in [-0.1, -0.05) is 18.0 Å². The molecule has 0 spiro atoms. The topological polar surface area (TPSA) is 85.1 Å². The summed E-state index contributed by atoms with van der Waals surface area (Å²) in [5, 5.41) is 4.27. The Balaban J connectivity index is 1.45. The van der Waals surface area contributed by atoms with E-state index in [-0.39, 0.29) is 12.8 Å². The van der Waals surface area contributed by atoms with Crippen LogP contribution < -0.4 is 9.47 Å². The van der Waals surface area contributed by atoms with E-state index in [1.165, 1.54) is 0 Å². The molecule has 3 aliphatic heterocycles. The second kappa shape index (κ2) is 7.62. The summed E-state index contributed by atoms with van der Waals surface area (Å²) < 4.78 is 46.3. The minimum Gasteiger partial charge on any atom is -0.454 e. The molecule has 0 unspecified atom stereocenters. The van der Waals surface area contributed by atoms with Crippen LogP contribution >= 0.6 is 0 Å². The lowest BCUT2D eigenvalue weighted by Crippen LogP contribution is -2.44. The smallest absolute Gasteiger partial charge is 0.282 e. The van der Waals surface area contributed by atoms with Crippen LogP contribution in [0.15, 0.2) is 28.8 Å². The Kier molecular flexibility index (Phi) is 4.97. The largest absolute Gasteiger partial charge is 0.454 e. The number of benzene rings is 1. The van der Waals surface area contributed by atoms with Crippen molar-refractivity contribution in [1.29, 1.82) is 0 Å². The molecule has 0 N–H and O–H groups in total. The van der Waals surface area contributed by atoms with Crippen molar-refractivity contribution in [3.8, 4) is 22.8 Å². The average molecular weight is 420 g/mol. The zero-order chi connectivity index (χ0) is 19.8. The molecule has 0 amide bonds. The normalized spacial score (nSPS) is 23.4. The summed E-state index contributed by atoms with van der Waals surface area (Å²) >= 11 is 0. The van der Waals surface area contributed by atoms with Gasteiger partial charge in [0, 0.05) is 31.3 Å². The van der Waals surface area contributed by atoms with Gasteiger partial charge in [-0.15, -0.1) is 0 Å². The number of fused-ring (bicyclic) bond motifs is 1. The van der Waals surface area contributed by atoms with E-state index in [4.69, 9.17) is 14.0 Å². The highest BCUT2D eigenvalue weighted by Gasteiger charge is 2.38. The van der Waals surface area contributed by atoms with Crippen molar-refractivity contribution in [3.05, 3.63) is 30.0 Å². The second-order valence-corrected chi connectivity index (χ2v) is 9.65. The Morgan fingerprint density at radius 1 is 0.931 bits per heavy atom. The van der Waals surface area contributed by atoms with E-state index in [1.807, 2.05) is 24.3 Å². The number of hydrogen-bond donors (Lipinski definition) is 0. The summed E-state index contributed by atoms with van der Waals surface area (Å²) in [6.45, 7) is 1.95. The van der Waals surface area contributed by atoms with Crippen LogP contribution in [0, 0.1) is 0 Å². The highest BCUT2D eigenvalue weighted by atomic mass is 32.2. The van der Waals surface area contributed by atoms with Crippen LogP contribution in [0.3, 0.4) is 0 Å². The van der Waals surface area contributed by atoms with Gasteiger partial charge in [-0.2, -0.15) is 17.0 Å². The van der Waals surface area contributed by atoms with Crippen LogP contribution in [0.1, 0.15) is 50.3 Å². The molecule has 2 fully saturated rings. The molecular weight excluding hydrogens is 394 g/mol. The van der Waals surface area contributed by atoms with Crippen molar-refractivity contribution in [1.82, 2.24) is 13.8 Å². The summed E-state index contributed by atoms with van der Waals surface area (Å²) in [7, 11) is -3.50. The van der Waals surface area contributed by atoms with Gasteiger partial charge in [0.25, 0.3) is 10.2 Å². The van der Waals surface area contributed by atoms with Gasteiger partial charge in [0.2, 0.25) is 6.79 Å². The zero-order valence-electron chi connectivity index (χ0n) is 16.2. The quantitative estimate of drug-likeness (QED) is 0.756. The molecule has 8 nitrogen and oxygen atoms in total. The lowest BCUT2D eigenvalue weighted by Gasteiger charge is -2.31. The van der Waals surface area contributed by atoms with Crippen molar-refractivity contribution in [3.63, 3.8) is 0 Å². The summed E-state index contributed by atoms with van der Waals surface area (Å²) in [4.78, 5) is 0. The summed E-state index contributed by atoms with van der Waals surface area (Å²) in [6, 6.07) is 7.16. The van der Waals surface area contributed by atoms with Gasteiger partial charge < -0.3 is 14.0 Å². The van der Waals surface area contributed by atoms with E-state index in [9.17, 15) is 8.42 Å². The van der Waals surface area contributed by atoms with Gasteiger partial charge in [0.15, 0.2) is 17.3 Å². The van der Waals surface area contributed by atoms with Gasteiger partial charge in [0.05, 0.1) is 6.04 Å². The molecule has 9 heteroatoms. The lowest BCUT2D eigenvalue weighted by atomic mass is 10.1. The fourth-order valence-electron chi connectivity index (χ4n) is 4.35. The Morgan fingerprint density at radius 3 is 2.59 bits per heavy atom. The predicted molar refractivity (Wildman–Crippen MR) is 106 cm³/mol. The third-order valence-electron chi connectivity index (χ3n) is 5.92. The van der Waals surface area contributed by atoms with Gasteiger partial charge in [-0.3, -0.25) is 0 Å². The first-order valence-electron chi connectivity index (χ1n) is 10.3. The maximum atomic E-state index is 13.3. The molecule has 1 atom stereocenters. The Labute approximate surface area is 170 Å². The molecule has 0 radical (unpaired) electrons. The van der Waals surface area contributed by atoms with Crippen LogP contribution in [0.4, 0.5) is 0 Å². The summed E-state index contributed by atoms with van der Waals surface area (Å²) in [5.41, 5.74) is 1.50. The summed E-state index contributed by atoms with van der Waals surface area (Å²) in [5.74, 6) is 1.98. The third-order valence-corrected chi connectivity index (χ3v) is 7.97. The predicted octanol–water partition coefficient (Wildman–Crippen LogP) is 3.33. The third kappa shape index (κ3) is 3.51. The maximum absolute atomic E-state index is 13.3. The molecular formula is C20H25N3O5S. The van der Waals surface area contributed by atoms with Crippen LogP contribution in [0.2, 0.25) is 0 Å². The van der Waals surface area contributed by atoms with Crippen LogP contribution in [-0.4, -0.2) is 48.6 Å². The van der Waals surface area contributed by atoms with Crippen LogP contribution in [-0.2, 0) is 10.2 Å². The fourth-order valence-corrected chi connectivity index (χ4v) is 6.26. The van der Waals surface area contributed by atoms with E-state index in [0.29, 0.717) is 42.6 Å². The van der Waals surface area contributed by atoms with Crippen molar-refractivity contribution < 1.29 is 22.4 Å². The molecule has 0 aliphatic carbocycles. The van der Waals surface area contributed by atoms with Crippen molar-refractivity contribution in [2.75, 3.05) is 26.4 Å². The fraction of sp³-hybridized carbons (Fsp3) is 0.550. The van der Waals surface area contributed by atoms with E-state index in [2.05, 4.69) is 5.16 Å². The molecule has 29 heavy (non-hydrogen) atoms. The molecule has 0 saturated carbocycles. The number of aromatic nitrogens is 1. The first kappa shape index (κ1) is 18.9. The molecule has 1 aromatic carbocycles. The zero-order valence-corrected chi connectivity index (χ0v) is 17.1. The second-order valence-electron chi connectivity index (χ2n) is 7.77. The molecule has 2 aromatic rings. The number of hydrogen-bond acceptors (Lipinski definition) is 6. The van der Waals surface area contributed by atoms with E-state index >= 15 is 0 Å². The Hall–Kier alpha value is -2.10. The molecule has 2 saturated heterocycles. The minimum atomic E-state index is -3.50. The Bertz CT molecular complexity index is 984. The van der Waals surface area contributed by atoms with Crippen LogP contribution in [0.25, 0.3) is 11.3 Å². The van der Waals surface area contributed by atoms with E-state index < -0.39 is 10.2 Å². The van der Waals surface area contributed by atoms with Gasteiger partial charge in [0.1, 0.15) is 5.69 Å². The SMILES string of the molecule is O=S(=O)(N1CCCC1)N1CCCCC[C@@H]1c1cc(-c2ccc3c(c2)OCO3)on1. The van der Waals surface area contributed by atoms with Gasteiger partial charge >= 0.3 is 0 Å². The van der Waals surface area contributed by atoms with Gasteiger partial charge in [-0.05, 0) is 43.9 Å². The molecule has 0 bridgehead atoms. The van der Waals surface area contributed by atoms with E-state index in [0.717, 1.165) is 44.1 Å². The number of rotatable bonds is 4. The standard InChI is InChI=1S/C20H25N3O5S/c24-29(25,22-9-4-5-10-22)23-11-3-1-2-6-17(23)16-13-19(28-21-16)15-7-8-18-20(12-15)27-14-26-18/h7-8,12-13,17H,1-6,9-11,14H2/t17-/m1/s1. The number of ether oxygens (including phenoxy) is 2. The monoisotopic (exact) mass is 419 g/mol. The number of nitrogens with zero attached hydrogens (tertiary/aromatic N) is 3. The van der Waals surface area contributed by atoms with Gasteiger partial charge in [-0.25, -0.2) is 0 Å². The average Bonchev–Trinajstić information content (AvgIpc) is 3.46. The molecule has 3 aliphatic rings. The molecule has 1 aromatic heterocycles. The first-order valence-corrected chi connectivity index (χ1v) is 11.7. The molecule has 4 heterocycles. The van der Waals surface area contributed by atoms with Crippen LogP contribution in [0.5, 0.6) is 11.5 Å². The van der Waals surface area contributed by atoms with Crippen molar-refractivity contribution in [2.24, 2.45) is 0 Å². The van der Waals surface area contributed by atoms with Crippen molar-refractivity contribution >= 4 is 10.2 Å². The molecule has 156 valence electrons. The van der Waals surface area contributed by atoms with E-state index in [1.54, 1.807) is 8.61 Å². The van der Waals surface area contributed by atoms with Crippen molar-refractivity contribution in [2.45, 2.75) is 44.6 Å². The maximum Gasteiger partial charge on any atom is 0.282 e. The lowest BCUT2D eigenvalue weighted by molar-refractivity contribution is 0.174. The minimum absolute atomic E-state index is 0.214. The first-order chi connectivity index (χ1) is 14.1.